The van der Waals surface area contributed by atoms with Gasteiger partial charge < -0.3 is 14.5 Å². The van der Waals surface area contributed by atoms with E-state index >= 15 is 0 Å². The predicted molar refractivity (Wildman–Crippen MR) is 109 cm³/mol. The number of amides is 1. The highest BCUT2D eigenvalue weighted by molar-refractivity contribution is 6.08. The highest BCUT2D eigenvalue weighted by atomic mass is 16.6. The molecular formula is C21H26N4O3. The Labute approximate surface area is 167 Å². The molecule has 1 amide bonds. The topological polar surface area (TPSA) is 75.6 Å². The third-order valence-electron chi connectivity index (χ3n) is 4.58. The molecule has 1 saturated heterocycles. The molecule has 0 bridgehead atoms. The molecule has 7 heteroatoms. The maximum atomic E-state index is 12.8. The van der Waals surface area contributed by atoms with E-state index in [2.05, 4.69) is 20.8 Å². The Morgan fingerprint density at radius 3 is 2.86 bits per heavy atom. The predicted octanol–water partition coefficient (Wildman–Crippen LogP) is 2.79. The highest BCUT2D eigenvalue weighted by Gasteiger charge is 2.22. The molecule has 0 aromatic carbocycles. The number of carbonyl (C=O) groups is 2. The van der Waals surface area contributed by atoms with Crippen molar-refractivity contribution in [2.45, 2.75) is 13.3 Å². The molecule has 0 radical (unpaired) electrons. The monoisotopic (exact) mass is 382 g/mol. The van der Waals surface area contributed by atoms with Gasteiger partial charge in [0.25, 0.3) is 0 Å². The van der Waals surface area contributed by atoms with Gasteiger partial charge in [-0.25, -0.2) is 9.78 Å². The fourth-order valence-electron chi connectivity index (χ4n) is 3.11. The lowest BCUT2D eigenvalue weighted by Crippen LogP contribution is -2.35. The van der Waals surface area contributed by atoms with Gasteiger partial charge in [-0.05, 0) is 37.6 Å². The summed E-state index contributed by atoms with van der Waals surface area (Å²) in [7, 11) is 0. The number of terminal acetylenes is 1. The molecule has 3 rings (SSSR count). The zero-order chi connectivity index (χ0) is 19.9. The van der Waals surface area contributed by atoms with E-state index in [1.54, 1.807) is 36.2 Å². The average Bonchev–Trinajstić information content (AvgIpc) is 2.98. The van der Waals surface area contributed by atoms with Crippen LogP contribution in [0.2, 0.25) is 0 Å². The standard InChI is InChI=1S/C21H22N4O3.2H2/c1-3-15-28-21(27)25-12-6-11-24(13-14-25)19-9-4-8-18(23-19)20(26)17-7-5-10-22-16(17)2;;/h1,4-5,7-10H,6,11-15H2,2H3;2*1H. The number of nitrogens with zero attached hydrogens (tertiary/aromatic N) is 4. The number of aromatic nitrogens is 2. The van der Waals surface area contributed by atoms with Crippen LogP contribution in [0.25, 0.3) is 0 Å². The minimum atomic E-state index is -0.399. The molecule has 0 spiro atoms. The van der Waals surface area contributed by atoms with E-state index < -0.39 is 6.09 Å². The quantitative estimate of drug-likeness (QED) is 0.598. The number of ketones is 1. The summed E-state index contributed by atoms with van der Waals surface area (Å²) in [4.78, 5) is 37.3. The zero-order valence-corrected chi connectivity index (χ0v) is 15.8. The van der Waals surface area contributed by atoms with E-state index in [1.165, 1.54) is 0 Å². The molecule has 148 valence electrons. The average molecular weight is 382 g/mol. The van der Waals surface area contributed by atoms with Gasteiger partial charge in [0.15, 0.2) is 6.61 Å². The third kappa shape index (κ3) is 4.46. The number of ether oxygens (including phenoxy) is 1. The Morgan fingerprint density at radius 1 is 1.21 bits per heavy atom. The van der Waals surface area contributed by atoms with Crippen molar-refractivity contribution in [1.29, 1.82) is 0 Å². The van der Waals surface area contributed by atoms with Crippen LogP contribution in [0, 0.1) is 19.3 Å². The van der Waals surface area contributed by atoms with E-state index in [4.69, 9.17) is 11.2 Å². The van der Waals surface area contributed by atoms with Crippen LogP contribution in [-0.2, 0) is 4.74 Å². The lowest BCUT2D eigenvalue weighted by Gasteiger charge is -2.22. The summed E-state index contributed by atoms with van der Waals surface area (Å²) in [6, 6.07) is 8.90. The first-order valence-corrected chi connectivity index (χ1v) is 9.13. The Hall–Kier alpha value is -3.40. The molecule has 1 aliphatic rings. The van der Waals surface area contributed by atoms with Crippen LogP contribution in [0.15, 0.2) is 36.5 Å². The minimum absolute atomic E-state index is 0. The second kappa shape index (κ2) is 9.00. The number of aryl methyl sites for hydroxylation is 1. The van der Waals surface area contributed by atoms with Crippen molar-refractivity contribution in [2.24, 2.45) is 0 Å². The number of pyridine rings is 2. The van der Waals surface area contributed by atoms with Crippen molar-refractivity contribution in [1.82, 2.24) is 14.9 Å². The first kappa shape index (κ1) is 19.4. The molecule has 3 heterocycles. The summed E-state index contributed by atoms with van der Waals surface area (Å²) in [6.07, 6.45) is 7.16. The Kier molecular flexibility index (Phi) is 6.22. The Bertz CT molecular complexity index is 917. The van der Waals surface area contributed by atoms with Gasteiger partial charge in [-0.3, -0.25) is 9.78 Å². The van der Waals surface area contributed by atoms with Crippen LogP contribution in [0.5, 0.6) is 0 Å². The zero-order valence-electron chi connectivity index (χ0n) is 15.8. The maximum Gasteiger partial charge on any atom is 0.410 e. The molecule has 2 aromatic rings. The van der Waals surface area contributed by atoms with Crippen molar-refractivity contribution in [3.8, 4) is 12.3 Å². The second-order valence-electron chi connectivity index (χ2n) is 6.43. The van der Waals surface area contributed by atoms with Crippen LogP contribution in [0.1, 0.15) is 31.0 Å². The van der Waals surface area contributed by atoms with Crippen LogP contribution in [0.3, 0.4) is 0 Å². The van der Waals surface area contributed by atoms with Crippen LogP contribution in [0.4, 0.5) is 10.6 Å². The van der Waals surface area contributed by atoms with Crippen LogP contribution >= 0.6 is 0 Å². The molecular weight excluding hydrogens is 356 g/mol. The number of anilines is 1. The van der Waals surface area contributed by atoms with E-state index in [1.807, 2.05) is 12.1 Å². The molecule has 0 saturated carbocycles. The summed E-state index contributed by atoms with van der Waals surface area (Å²) < 4.78 is 5.00. The smallest absolute Gasteiger partial charge is 0.410 e. The SMILES string of the molecule is C#CCOC(=O)N1CCCN(c2cccc(C(=O)c3cccnc3C)n2)CC1.[HH].[HH]. The van der Waals surface area contributed by atoms with Gasteiger partial charge in [0.1, 0.15) is 11.5 Å². The summed E-state index contributed by atoms with van der Waals surface area (Å²) in [5.41, 5.74) is 1.60. The number of hydrogen-bond donors (Lipinski definition) is 0. The third-order valence-corrected chi connectivity index (χ3v) is 4.58. The molecule has 28 heavy (non-hydrogen) atoms. The molecule has 0 unspecified atom stereocenters. The largest absolute Gasteiger partial charge is 0.436 e. The van der Waals surface area contributed by atoms with Crippen LogP contribution < -0.4 is 4.90 Å². The highest BCUT2D eigenvalue weighted by Crippen LogP contribution is 2.17. The summed E-state index contributed by atoms with van der Waals surface area (Å²) in [5.74, 6) is 2.86. The van der Waals surface area contributed by atoms with Crippen molar-refractivity contribution in [2.75, 3.05) is 37.7 Å². The van der Waals surface area contributed by atoms with Gasteiger partial charge in [-0.15, -0.1) is 6.42 Å². The van der Waals surface area contributed by atoms with Crippen molar-refractivity contribution in [3.63, 3.8) is 0 Å². The first-order chi connectivity index (χ1) is 13.6. The molecule has 7 nitrogen and oxygen atoms in total. The summed E-state index contributed by atoms with van der Waals surface area (Å²) >= 11 is 0. The van der Waals surface area contributed by atoms with Gasteiger partial charge >= 0.3 is 6.09 Å². The first-order valence-electron chi connectivity index (χ1n) is 9.13. The minimum Gasteiger partial charge on any atom is -0.436 e. The van der Waals surface area contributed by atoms with Crippen molar-refractivity contribution >= 4 is 17.7 Å². The van der Waals surface area contributed by atoms with Crippen molar-refractivity contribution < 1.29 is 17.2 Å². The van der Waals surface area contributed by atoms with Gasteiger partial charge in [0.2, 0.25) is 5.78 Å². The van der Waals surface area contributed by atoms with E-state index in [9.17, 15) is 9.59 Å². The van der Waals surface area contributed by atoms with Gasteiger partial charge in [-0.1, -0.05) is 12.0 Å². The molecule has 2 aromatic heterocycles. The van der Waals surface area contributed by atoms with E-state index in [0.717, 1.165) is 13.0 Å². The second-order valence-corrected chi connectivity index (χ2v) is 6.43. The number of hydrogen-bond acceptors (Lipinski definition) is 6. The normalized spacial score (nSPS) is 14.1. The lowest BCUT2D eigenvalue weighted by molar-refractivity contribution is 0.103. The maximum absolute atomic E-state index is 12.8. The molecule has 1 aliphatic heterocycles. The van der Waals surface area contributed by atoms with E-state index in [0.29, 0.717) is 42.4 Å². The Balaban J connectivity index is 0.00000225. The van der Waals surface area contributed by atoms with Gasteiger partial charge in [0.05, 0.1) is 0 Å². The molecule has 0 aliphatic carbocycles. The van der Waals surface area contributed by atoms with E-state index in [-0.39, 0.29) is 15.2 Å². The number of carbonyl (C=O) groups excluding carboxylic acids is 2. The molecule has 1 fully saturated rings. The summed E-state index contributed by atoms with van der Waals surface area (Å²) in [6.45, 7) is 4.20. The summed E-state index contributed by atoms with van der Waals surface area (Å²) in [5, 5.41) is 0. The van der Waals surface area contributed by atoms with Crippen LogP contribution in [-0.4, -0.2) is 59.5 Å². The Morgan fingerprint density at radius 2 is 2.07 bits per heavy atom. The van der Waals surface area contributed by atoms with Gasteiger partial charge in [0, 0.05) is 46.5 Å². The fourth-order valence-corrected chi connectivity index (χ4v) is 3.11. The fraction of sp³-hybridized carbons (Fsp3) is 0.333. The van der Waals surface area contributed by atoms with Crippen molar-refractivity contribution in [3.05, 3.63) is 53.5 Å². The lowest BCUT2D eigenvalue weighted by atomic mass is 10.1. The molecule has 0 N–H and O–H groups in total. The number of rotatable bonds is 4. The van der Waals surface area contributed by atoms with Gasteiger partial charge in [-0.2, -0.15) is 0 Å². The molecule has 0 atom stereocenters.